The third-order valence-electron chi connectivity index (χ3n) is 5.15. The van der Waals surface area contributed by atoms with E-state index in [4.69, 9.17) is 0 Å². The third kappa shape index (κ3) is 9.29. The number of unbranched alkanes of at least 4 members (excludes halogenated alkanes) is 11. The van der Waals surface area contributed by atoms with Gasteiger partial charge in [-0.25, -0.2) is 4.79 Å². The molecule has 1 rings (SSSR count). The van der Waals surface area contributed by atoms with Crippen LogP contribution in [0.15, 0.2) is 0 Å². The minimum absolute atomic E-state index is 0. The maximum atomic E-state index is 11.8. The van der Waals surface area contributed by atoms with Crippen LogP contribution in [0.5, 0.6) is 0 Å². The molecule has 0 aromatic carbocycles. The summed E-state index contributed by atoms with van der Waals surface area (Å²) in [7, 11) is 2.13. The molecule has 1 aliphatic heterocycles. The molecule has 1 atom stereocenters. The minimum atomic E-state index is 0. The van der Waals surface area contributed by atoms with Gasteiger partial charge in [0.2, 0.25) is 0 Å². The first kappa shape index (κ1) is 22.1. The van der Waals surface area contributed by atoms with Gasteiger partial charge in [0.05, 0.1) is 26.6 Å². The monoisotopic (exact) mass is 375 g/mol. The highest BCUT2D eigenvalue weighted by Crippen LogP contribution is 2.20. The van der Waals surface area contributed by atoms with Crippen molar-refractivity contribution in [1.29, 1.82) is 0 Å². The Morgan fingerprint density at radius 3 is 1.68 bits per heavy atom. The Morgan fingerprint density at radius 2 is 1.27 bits per heavy atom. The molecule has 0 aliphatic carbocycles. The number of nitrogens with zero attached hydrogens (tertiary/aromatic N) is 1. The van der Waals surface area contributed by atoms with Crippen molar-refractivity contribution >= 4 is 5.91 Å². The summed E-state index contributed by atoms with van der Waals surface area (Å²) in [5.41, 5.74) is 0. The van der Waals surface area contributed by atoms with Crippen LogP contribution >= 0.6 is 0 Å². The fraction of sp³-hybridized carbons (Fsp3) is 0.947. The average Bonchev–Trinajstić information content (AvgIpc) is 2.80. The highest BCUT2D eigenvalue weighted by atomic mass is 79.9. The molecule has 0 aromatic rings. The van der Waals surface area contributed by atoms with Crippen molar-refractivity contribution in [2.24, 2.45) is 0 Å². The van der Waals surface area contributed by atoms with Crippen molar-refractivity contribution in [3.63, 3.8) is 0 Å². The number of amides is 1. The van der Waals surface area contributed by atoms with Gasteiger partial charge in [0.1, 0.15) is 0 Å². The number of likely N-dealkylation sites (tertiary alicyclic amines) is 1. The van der Waals surface area contributed by atoms with Gasteiger partial charge in [0.25, 0.3) is 0 Å². The molecule has 1 unspecified atom stereocenters. The van der Waals surface area contributed by atoms with E-state index in [0.29, 0.717) is 5.91 Å². The van der Waals surface area contributed by atoms with Crippen molar-refractivity contribution < 1.29 is 26.3 Å². The third-order valence-corrected chi connectivity index (χ3v) is 5.15. The van der Waals surface area contributed by atoms with Crippen LogP contribution in [0.25, 0.3) is 0 Å². The molecule has 22 heavy (non-hydrogen) atoms. The summed E-state index contributed by atoms with van der Waals surface area (Å²) < 4.78 is 0.720. The first-order valence-electron chi connectivity index (χ1n) is 9.57. The Kier molecular flexibility index (Phi) is 13.6. The molecule has 1 amide bonds. The Hall–Kier alpha value is 0.110. The highest BCUT2D eigenvalue weighted by molar-refractivity contribution is 5.70. The van der Waals surface area contributed by atoms with Crippen molar-refractivity contribution in [3.05, 3.63) is 0 Å². The van der Waals surface area contributed by atoms with Crippen LogP contribution in [0, 0.1) is 0 Å². The standard InChI is InChI=1S/C19H38NO.BrH/c1-3-4-5-6-7-8-9-10-11-12-13-14-17-20(2)18-15-16-19(20)21;/h3-18H2,1-2H3;1H/q+1;/p-1. The summed E-state index contributed by atoms with van der Waals surface area (Å²) in [6.07, 6.45) is 18.6. The second-order valence-corrected chi connectivity index (χ2v) is 7.23. The maximum Gasteiger partial charge on any atom is 0.313 e. The number of halogens is 1. The van der Waals surface area contributed by atoms with E-state index in [2.05, 4.69) is 14.0 Å². The number of hydrogen-bond donors (Lipinski definition) is 0. The van der Waals surface area contributed by atoms with Crippen LogP contribution in [0.1, 0.15) is 96.8 Å². The van der Waals surface area contributed by atoms with Gasteiger partial charge in [0, 0.05) is 6.42 Å². The molecule has 0 saturated carbocycles. The summed E-state index contributed by atoms with van der Waals surface area (Å²) in [4.78, 5) is 11.8. The Bertz CT molecular complexity index is 283. The topological polar surface area (TPSA) is 17.1 Å². The number of carbonyl (C=O) groups is 1. The van der Waals surface area contributed by atoms with Gasteiger partial charge in [-0.2, -0.15) is 0 Å². The second-order valence-electron chi connectivity index (χ2n) is 7.23. The van der Waals surface area contributed by atoms with Gasteiger partial charge in [-0.3, -0.25) is 4.48 Å². The normalized spacial score (nSPS) is 21.1. The van der Waals surface area contributed by atoms with Gasteiger partial charge in [0.15, 0.2) is 0 Å². The lowest BCUT2D eigenvalue weighted by atomic mass is 10.1. The molecule has 1 heterocycles. The zero-order valence-electron chi connectivity index (χ0n) is 15.0. The van der Waals surface area contributed by atoms with Gasteiger partial charge >= 0.3 is 5.91 Å². The Morgan fingerprint density at radius 1 is 0.818 bits per heavy atom. The van der Waals surface area contributed by atoms with Crippen LogP contribution in [0.4, 0.5) is 0 Å². The predicted molar refractivity (Wildman–Crippen MR) is 91.2 cm³/mol. The molecule has 0 aromatic heterocycles. The number of hydrogen-bond acceptors (Lipinski definition) is 1. The van der Waals surface area contributed by atoms with E-state index < -0.39 is 0 Å². The van der Waals surface area contributed by atoms with Crippen molar-refractivity contribution in [2.75, 3.05) is 20.1 Å². The Balaban J connectivity index is 0.00000441. The van der Waals surface area contributed by atoms with E-state index in [0.717, 1.165) is 30.4 Å². The Labute approximate surface area is 149 Å². The second kappa shape index (κ2) is 13.5. The van der Waals surface area contributed by atoms with Crippen LogP contribution in [0.2, 0.25) is 0 Å². The zero-order valence-corrected chi connectivity index (χ0v) is 16.6. The van der Waals surface area contributed by atoms with Crippen molar-refractivity contribution in [1.82, 2.24) is 0 Å². The number of quaternary nitrogens is 1. The molecule has 2 nitrogen and oxygen atoms in total. The molecule has 1 saturated heterocycles. The first-order valence-corrected chi connectivity index (χ1v) is 9.57. The fourth-order valence-electron chi connectivity index (χ4n) is 3.51. The van der Waals surface area contributed by atoms with Crippen molar-refractivity contribution in [2.45, 2.75) is 96.8 Å². The molecule has 0 spiro atoms. The molecule has 1 fully saturated rings. The highest BCUT2D eigenvalue weighted by Gasteiger charge is 2.35. The van der Waals surface area contributed by atoms with E-state index in [-0.39, 0.29) is 17.0 Å². The van der Waals surface area contributed by atoms with Crippen LogP contribution in [-0.2, 0) is 4.79 Å². The van der Waals surface area contributed by atoms with Gasteiger partial charge < -0.3 is 17.0 Å². The predicted octanol–water partition coefficient (Wildman–Crippen LogP) is 2.46. The number of rotatable bonds is 13. The van der Waals surface area contributed by atoms with E-state index in [1.165, 1.54) is 77.0 Å². The van der Waals surface area contributed by atoms with Crippen molar-refractivity contribution in [3.8, 4) is 0 Å². The average molecular weight is 376 g/mol. The molecule has 0 N–H and O–H groups in total. The molecule has 1 aliphatic rings. The summed E-state index contributed by atoms with van der Waals surface area (Å²) in [5.74, 6) is 0.470. The summed E-state index contributed by atoms with van der Waals surface area (Å²) in [5, 5.41) is 0. The SMILES string of the molecule is CCCCCCCCCCCCCC[N+]1(C)CCCC1=O.[Br-]. The smallest absolute Gasteiger partial charge is 0.313 e. The van der Waals surface area contributed by atoms with Crippen LogP contribution in [0.3, 0.4) is 0 Å². The van der Waals surface area contributed by atoms with E-state index in [1.807, 2.05) is 0 Å². The first-order chi connectivity index (χ1) is 10.2. The summed E-state index contributed by atoms with van der Waals surface area (Å²) in [6, 6.07) is 0. The van der Waals surface area contributed by atoms with Crippen LogP contribution < -0.4 is 17.0 Å². The maximum absolute atomic E-state index is 11.8. The number of carbonyl (C=O) groups excluding carboxylic acids is 1. The van der Waals surface area contributed by atoms with Gasteiger partial charge in [-0.05, 0) is 12.8 Å². The van der Waals surface area contributed by atoms with E-state index in [9.17, 15) is 4.79 Å². The van der Waals surface area contributed by atoms with Gasteiger partial charge in [-0.15, -0.1) is 0 Å². The lowest BCUT2D eigenvalue weighted by Gasteiger charge is -2.26. The summed E-state index contributed by atoms with van der Waals surface area (Å²) >= 11 is 0. The van der Waals surface area contributed by atoms with E-state index >= 15 is 0 Å². The van der Waals surface area contributed by atoms with Crippen LogP contribution in [-0.4, -0.2) is 30.5 Å². The fourth-order valence-corrected chi connectivity index (χ4v) is 3.51. The molecule has 0 bridgehead atoms. The molecule has 0 radical (unpaired) electrons. The van der Waals surface area contributed by atoms with Gasteiger partial charge in [-0.1, -0.05) is 71.1 Å². The summed E-state index contributed by atoms with van der Waals surface area (Å²) in [6.45, 7) is 4.44. The molecular formula is C19H38BrNO. The molecule has 3 heteroatoms. The lowest BCUT2D eigenvalue weighted by molar-refractivity contribution is -0.826. The quantitative estimate of drug-likeness (QED) is 0.357. The van der Waals surface area contributed by atoms with E-state index in [1.54, 1.807) is 0 Å². The molecular weight excluding hydrogens is 338 g/mol. The minimum Gasteiger partial charge on any atom is -1.00 e. The zero-order chi connectivity index (χ0) is 15.4. The lowest BCUT2D eigenvalue weighted by Crippen LogP contribution is -3.00. The molecule has 132 valence electrons. The largest absolute Gasteiger partial charge is 1.00 e.